The van der Waals surface area contributed by atoms with Gasteiger partial charge in [-0.1, -0.05) is 0 Å². The number of anilines is 8. The van der Waals surface area contributed by atoms with Crippen LogP contribution in [0.2, 0.25) is 0 Å². The molecule has 3 amide bonds. The number of fused-ring (bicyclic) bond motifs is 2. The van der Waals surface area contributed by atoms with E-state index in [1.807, 2.05) is 71.0 Å². The Morgan fingerprint density at radius 3 is 1.70 bits per heavy atom. The summed E-state index contributed by atoms with van der Waals surface area (Å²) >= 11 is 0. The van der Waals surface area contributed by atoms with Crippen LogP contribution in [0.15, 0.2) is 48.8 Å². The Labute approximate surface area is 333 Å². The molecule has 0 bridgehead atoms. The van der Waals surface area contributed by atoms with E-state index >= 15 is 0 Å². The number of carbonyl (C=O) groups is 3. The second-order valence-corrected chi connectivity index (χ2v) is 14.3. The summed E-state index contributed by atoms with van der Waals surface area (Å²) in [6, 6.07) is 11.6. The molecule has 2 aromatic heterocycles. The molecule has 6 rings (SSSR count). The highest BCUT2D eigenvalue weighted by Gasteiger charge is 2.17. The van der Waals surface area contributed by atoms with E-state index in [1.54, 1.807) is 12.4 Å². The van der Waals surface area contributed by atoms with Gasteiger partial charge < -0.3 is 47.7 Å². The number of nitrogens with one attached hydrogen (secondary N) is 7. The van der Waals surface area contributed by atoms with E-state index < -0.39 is 11.7 Å². The van der Waals surface area contributed by atoms with Crippen molar-refractivity contribution in [3.8, 4) is 0 Å². The van der Waals surface area contributed by atoms with Gasteiger partial charge in [0.25, 0.3) is 0 Å². The van der Waals surface area contributed by atoms with Gasteiger partial charge in [0.15, 0.2) is 0 Å². The number of benzene rings is 2. The fraction of sp³-hybridized carbons (Fsp3) is 0.410. The summed E-state index contributed by atoms with van der Waals surface area (Å²) in [5.41, 5.74) is 12.6. The van der Waals surface area contributed by atoms with Crippen LogP contribution < -0.4 is 43.0 Å². The zero-order valence-corrected chi connectivity index (χ0v) is 33.4. The zero-order valence-electron chi connectivity index (χ0n) is 32.6. The van der Waals surface area contributed by atoms with Gasteiger partial charge in [0.1, 0.15) is 17.2 Å². The third-order valence-corrected chi connectivity index (χ3v) is 8.44. The maximum atomic E-state index is 11.7. The van der Waals surface area contributed by atoms with Gasteiger partial charge in [0, 0.05) is 78.7 Å². The molecule has 16 nitrogen and oxygen atoms in total. The molecule has 0 aliphatic carbocycles. The molecular weight excluding hydrogens is 736 g/mol. The molecule has 300 valence electrons. The second kappa shape index (κ2) is 20.3. The standard InChI is InChI=1S/C22H30N6O3.C17H22N6O.ClH/c1-14-13-25-20(26-16-7-8-17-15(12-16)6-9-18(29)27-17)28-19(14)23-10-5-11-24-21(30)31-22(2,3)4;1-11-10-20-17(23-16(11)19-8-2-7-18)21-13-4-5-14-12(9-13)3-6-15(24)22-14;/h7-8,12-13H,5-6,9-11H2,1-4H3,(H,24,30)(H,27,29)(H2,23,25,26,28);4-5,9-10H,2-3,6-8,18H2,1H3,(H,22,24)(H2,19,20,21,23);1H. The first-order chi connectivity index (χ1) is 26.3. The highest BCUT2D eigenvalue weighted by molar-refractivity contribution is 5.95. The van der Waals surface area contributed by atoms with E-state index in [0.29, 0.717) is 44.4 Å². The summed E-state index contributed by atoms with van der Waals surface area (Å²) in [5, 5.41) is 21.5. The van der Waals surface area contributed by atoms with Gasteiger partial charge in [-0.05, 0) is 114 Å². The molecule has 17 heteroatoms. The summed E-state index contributed by atoms with van der Waals surface area (Å²) in [6.07, 6.45) is 7.23. The first-order valence-corrected chi connectivity index (χ1v) is 18.6. The number of aromatic nitrogens is 4. The predicted octanol–water partition coefficient (Wildman–Crippen LogP) is 6.34. The SMILES string of the molecule is Cc1cnc(Nc2ccc3c(c2)CCC(=O)N3)nc1NCCCN.Cc1cnc(Nc2ccc3c(c2)CCC(=O)N3)nc1NCCCNC(=O)OC(C)(C)C.Cl. The number of ether oxygens (including phenoxy) is 1. The lowest BCUT2D eigenvalue weighted by atomic mass is 10.0. The lowest BCUT2D eigenvalue weighted by Gasteiger charge is -2.19. The van der Waals surface area contributed by atoms with Gasteiger partial charge in [-0.25, -0.2) is 14.8 Å². The highest BCUT2D eigenvalue weighted by Crippen LogP contribution is 2.28. The van der Waals surface area contributed by atoms with Crippen LogP contribution in [0.4, 0.5) is 51.1 Å². The molecule has 0 saturated carbocycles. The Kier molecular flexibility index (Phi) is 15.6. The Hall–Kier alpha value is -5.74. The number of aryl methyl sites for hydroxylation is 4. The van der Waals surface area contributed by atoms with Gasteiger partial charge in [0.2, 0.25) is 23.7 Å². The lowest BCUT2D eigenvalue weighted by Crippen LogP contribution is -2.33. The van der Waals surface area contributed by atoms with Gasteiger partial charge in [-0.3, -0.25) is 9.59 Å². The van der Waals surface area contributed by atoms with Crippen molar-refractivity contribution in [2.24, 2.45) is 5.73 Å². The van der Waals surface area contributed by atoms with Crippen LogP contribution in [0.5, 0.6) is 0 Å². The minimum atomic E-state index is -0.504. The Morgan fingerprint density at radius 2 is 1.23 bits per heavy atom. The third-order valence-electron chi connectivity index (χ3n) is 8.44. The van der Waals surface area contributed by atoms with E-state index in [0.717, 1.165) is 88.9 Å². The van der Waals surface area contributed by atoms with E-state index in [9.17, 15) is 14.4 Å². The van der Waals surface area contributed by atoms with Crippen molar-refractivity contribution in [3.05, 3.63) is 71.0 Å². The molecule has 0 saturated heterocycles. The van der Waals surface area contributed by atoms with Crippen LogP contribution >= 0.6 is 12.4 Å². The number of halogens is 1. The van der Waals surface area contributed by atoms with Gasteiger partial charge in [0.05, 0.1) is 0 Å². The molecule has 2 aliphatic rings. The fourth-order valence-corrected chi connectivity index (χ4v) is 5.65. The monoisotopic (exact) mass is 788 g/mol. The predicted molar refractivity (Wildman–Crippen MR) is 224 cm³/mol. The van der Waals surface area contributed by atoms with Gasteiger partial charge >= 0.3 is 6.09 Å². The van der Waals surface area contributed by atoms with E-state index in [1.165, 1.54) is 0 Å². The summed E-state index contributed by atoms with van der Waals surface area (Å²) < 4.78 is 5.21. The number of hydrogen-bond donors (Lipinski definition) is 8. The summed E-state index contributed by atoms with van der Waals surface area (Å²) in [6.45, 7) is 12.0. The van der Waals surface area contributed by atoms with Crippen LogP contribution in [0.25, 0.3) is 0 Å². The highest BCUT2D eigenvalue weighted by atomic mass is 35.5. The minimum absolute atomic E-state index is 0. The molecule has 9 N–H and O–H groups in total. The van der Waals surface area contributed by atoms with Crippen LogP contribution in [0, 0.1) is 13.8 Å². The first-order valence-electron chi connectivity index (χ1n) is 18.6. The average Bonchev–Trinajstić information content (AvgIpc) is 3.14. The quantitative estimate of drug-likeness (QED) is 0.0694. The van der Waals surface area contributed by atoms with Crippen molar-refractivity contribution in [1.29, 1.82) is 0 Å². The molecule has 0 radical (unpaired) electrons. The second-order valence-electron chi connectivity index (χ2n) is 14.3. The number of nitrogens with two attached hydrogens (primary N) is 1. The largest absolute Gasteiger partial charge is 0.444 e. The van der Waals surface area contributed by atoms with Crippen molar-refractivity contribution >= 4 is 76.6 Å². The topological polar surface area (TPSA) is 222 Å². The average molecular weight is 789 g/mol. The summed E-state index contributed by atoms with van der Waals surface area (Å²) in [7, 11) is 0. The Morgan fingerprint density at radius 1 is 0.750 bits per heavy atom. The fourth-order valence-electron chi connectivity index (χ4n) is 5.65. The van der Waals surface area contributed by atoms with E-state index in [4.69, 9.17) is 10.5 Å². The molecule has 56 heavy (non-hydrogen) atoms. The van der Waals surface area contributed by atoms with Gasteiger partial charge in [-0.15, -0.1) is 12.4 Å². The number of amides is 3. The van der Waals surface area contributed by atoms with Crippen LogP contribution in [0.3, 0.4) is 0 Å². The summed E-state index contributed by atoms with van der Waals surface area (Å²) in [4.78, 5) is 52.4. The van der Waals surface area contributed by atoms with Crippen LogP contribution in [-0.2, 0) is 27.2 Å². The molecule has 4 aromatic rings. The molecule has 0 atom stereocenters. The normalized spacial score (nSPS) is 12.9. The van der Waals surface area contributed by atoms with Crippen molar-refractivity contribution < 1.29 is 19.1 Å². The smallest absolute Gasteiger partial charge is 0.407 e. The number of alkyl carbamates (subject to hydrolysis) is 1. The summed E-state index contributed by atoms with van der Waals surface area (Å²) in [5.74, 6) is 2.69. The molecule has 2 aliphatic heterocycles. The maximum Gasteiger partial charge on any atom is 0.407 e. The van der Waals surface area contributed by atoms with Crippen molar-refractivity contribution in [2.75, 3.05) is 58.1 Å². The lowest BCUT2D eigenvalue weighted by molar-refractivity contribution is -0.117. The van der Waals surface area contributed by atoms with Crippen LogP contribution in [-0.4, -0.2) is 69.6 Å². The molecule has 0 spiro atoms. The molecule has 0 unspecified atom stereocenters. The van der Waals surface area contributed by atoms with Crippen LogP contribution in [0.1, 0.15) is 68.7 Å². The van der Waals surface area contributed by atoms with Crippen molar-refractivity contribution in [3.63, 3.8) is 0 Å². The van der Waals surface area contributed by atoms with Gasteiger partial charge in [-0.2, -0.15) is 9.97 Å². The maximum absolute atomic E-state index is 11.7. The Balaban J connectivity index is 0.000000252. The third kappa shape index (κ3) is 13.2. The number of rotatable bonds is 13. The number of hydrogen-bond acceptors (Lipinski definition) is 13. The molecular formula is C39H53ClN12O4. The minimum Gasteiger partial charge on any atom is -0.444 e. The van der Waals surface area contributed by atoms with E-state index in [2.05, 4.69) is 57.2 Å². The Bertz CT molecular complexity index is 1990. The van der Waals surface area contributed by atoms with E-state index in [-0.39, 0.29) is 24.2 Å². The molecule has 2 aromatic carbocycles. The van der Waals surface area contributed by atoms with Crippen molar-refractivity contribution in [1.82, 2.24) is 25.3 Å². The zero-order chi connectivity index (χ0) is 39.4. The number of nitrogens with zero attached hydrogens (tertiary/aromatic N) is 4. The van der Waals surface area contributed by atoms with Crippen molar-refractivity contribution in [2.45, 2.75) is 78.7 Å². The number of carbonyl (C=O) groups excluding carboxylic acids is 3. The first kappa shape index (κ1) is 43.0. The molecule has 0 fully saturated rings. The molecule has 4 heterocycles.